The predicted molar refractivity (Wildman–Crippen MR) is 130 cm³/mol. The van der Waals surface area contributed by atoms with Crippen LogP contribution in [0.3, 0.4) is 0 Å². The SMILES string of the molecule is COCCOc1ccc(C#N)c(CN2CCN(C(c3ccc(F)cc3)c3ccc(F)cc3)CC2)c1. The molecule has 0 saturated carbocycles. The summed E-state index contributed by atoms with van der Waals surface area (Å²) in [5.41, 5.74) is 3.52. The molecule has 1 saturated heterocycles. The van der Waals surface area contributed by atoms with Crippen LogP contribution in [0.1, 0.15) is 28.3 Å². The molecule has 0 amide bonds. The third kappa shape index (κ3) is 6.43. The van der Waals surface area contributed by atoms with Crippen molar-refractivity contribution in [1.29, 1.82) is 5.26 Å². The maximum Gasteiger partial charge on any atom is 0.123 e. The van der Waals surface area contributed by atoms with Gasteiger partial charge in [-0.2, -0.15) is 5.26 Å². The van der Waals surface area contributed by atoms with E-state index in [9.17, 15) is 14.0 Å². The summed E-state index contributed by atoms with van der Waals surface area (Å²) in [6.07, 6.45) is 0. The van der Waals surface area contributed by atoms with Gasteiger partial charge in [0.05, 0.1) is 24.3 Å². The number of hydrogen-bond acceptors (Lipinski definition) is 5. The third-order valence-corrected chi connectivity index (χ3v) is 6.29. The smallest absolute Gasteiger partial charge is 0.123 e. The molecule has 0 atom stereocenters. The van der Waals surface area contributed by atoms with Crippen molar-refractivity contribution in [1.82, 2.24) is 9.80 Å². The lowest BCUT2D eigenvalue weighted by atomic mass is 9.96. The molecule has 7 heteroatoms. The monoisotopic (exact) mass is 477 g/mol. The van der Waals surface area contributed by atoms with E-state index in [1.54, 1.807) is 37.4 Å². The maximum atomic E-state index is 13.6. The topological polar surface area (TPSA) is 48.7 Å². The first kappa shape index (κ1) is 24.8. The molecule has 1 aliphatic heterocycles. The second-order valence-corrected chi connectivity index (χ2v) is 8.59. The Bertz CT molecular complexity index is 1090. The van der Waals surface area contributed by atoms with Crippen LogP contribution in [0.4, 0.5) is 8.78 Å². The lowest BCUT2D eigenvalue weighted by Gasteiger charge is -2.40. The van der Waals surface area contributed by atoms with E-state index < -0.39 is 0 Å². The van der Waals surface area contributed by atoms with Gasteiger partial charge in [0, 0.05) is 39.8 Å². The van der Waals surface area contributed by atoms with Gasteiger partial charge in [0.1, 0.15) is 24.0 Å². The lowest BCUT2D eigenvalue weighted by molar-refractivity contribution is 0.104. The first-order valence-corrected chi connectivity index (χ1v) is 11.7. The van der Waals surface area contributed by atoms with Crippen molar-refractivity contribution >= 4 is 0 Å². The van der Waals surface area contributed by atoms with Gasteiger partial charge in [-0.15, -0.1) is 0 Å². The Morgan fingerprint density at radius 3 is 2.00 bits per heavy atom. The summed E-state index contributed by atoms with van der Waals surface area (Å²) in [6, 6.07) is 20.8. The van der Waals surface area contributed by atoms with Crippen LogP contribution in [0.25, 0.3) is 0 Å². The number of nitrogens with zero attached hydrogens (tertiary/aromatic N) is 3. The van der Waals surface area contributed by atoms with Crippen molar-refractivity contribution in [3.8, 4) is 11.8 Å². The molecule has 1 fully saturated rings. The quantitative estimate of drug-likeness (QED) is 0.416. The highest BCUT2D eigenvalue weighted by molar-refractivity contribution is 5.43. The second-order valence-electron chi connectivity index (χ2n) is 8.59. The molecule has 5 nitrogen and oxygen atoms in total. The molecule has 1 heterocycles. The Morgan fingerprint density at radius 1 is 0.857 bits per heavy atom. The summed E-state index contributed by atoms with van der Waals surface area (Å²) in [5, 5.41) is 9.57. The summed E-state index contributed by atoms with van der Waals surface area (Å²) in [6.45, 7) is 4.78. The Kier molecular flexibility index (Phi) is 8.43. The van der Waals surface area contributed by atoms with E-state index in [0.29, 0.717) is 25.3 Å². The first-order valence-electron chi connectivity index (χ1n) is 11.7. The molecule has 35 heavy (non-hydrogen) atoms. The highest BCUT2D eigenvalue weighted by Gasteiger charge is 2.27. The minimum absolute atomic E-state index is 0.0921. The maximum absolute atomic E-state index is 13.6. The van der Waals surface area contributed by atoms with Crippen LogP contribution < -0.4 is 4.74 Å². The molecule has 0 spiro atoms. The van der Waals surface area contributed by atoms with Crippen LogP contribution in [0, 0.1) is 23.0 Å². The molecule has 1 aliphatic rings. The van der Waals surface area contributed by atoms with E-state index in [1.165, 1.54) is 24.3 Å². The van der Waals surface area contributed by atoms with Crippen molar-refractivity contribution in [2.24, 2.45) is 0 Å². The number of ether oxygens (including phenoxy) is 2. The zero-order valence-corrected chi connectivity index (χ0v) is 19.8. The fourth-order valence-electron chi connectivity index (χ4n) is 4.47. The Morgan fingerprint density at radius 2 is 1.46 bits per heavy atom. The molecule has 0 bridgehead atoms. The summed E-state index contributed by atoms with van der Waals surface area (Å²) in [5.74, 6) is 0.165. The lowest BCUT2D eigenvalue weighted by Crippen LogP contribution is -2.47. The molecular weight excluding hydrogens is 448 g/mol. The van der Waals surface area contributed by atoms with Gasteiger partial charge in [-0.25, -0.2) is 8.78 Å². The Labute approximate surface area is 205 Å². The average molecular weight is 478 g/mol. The molecule has 0 unspecified atom stereocenters. The normalized spacial score (nSPS) is 14.7. The molecule has 0 radical (unpaired) electrons. The molecule has 182 valence electrons. The van der Waals surface area contributed by atoms with Gasteiger partial charge in [-0.1, -0.05) is 24.3 Å². The van der Waals surface area contributed by atoms with Crippen LogP contribution >= 0.6 is 0 Å². The minimum Gasteiger partial charge on any atom is -0.491 e. The van der Waals surface area contributed by atoms with Crippen molar-refractivity contribution < 1.29 is 18.3 Å². The van der Waals surface area contributed by atoms with E-state index in [4.69, 9.17) is 9.47 Å². The van der Waals surface area contributed by atoms with Gasteiger partial charge in [0.25, 0.3) is 0 Å². The van der Waals surface area contributed by atoms with Crippen molar-refractivity contribution in [3.63, 3.8) is 0 Å². The number of benzene rings is 3. The van der Waals surface area contributed by atoms with Crippen molar-refractivity contribution in [3.05, 3.63) is 101 Å². The van der Waals surface area contributed by atoms with Gasteiger partial charge >= 0.3 is 0 Å². The fourth-order valence-corrected chi connectivity index (χ4v) is 4.47. The molecule has 0 N–H and O–H groups in total. The highest BCUT2D eigenvalue weighted by Crippen LogP contribution is 2.30. The van der Waals surface area contributed by atoms with E-state index in [1.807, 2.05) is 12.1 Å². The zero-order chi connectivity index (χ0) is 24.6. The van der Waals surface area contributed by atoms with Gasteiger partial charge < -0.3 is 9.47 Å². The Balaban J connectivity index is 1.46. The van der Waals surface area contributed by atoms with Crippen LogP contribution in [0.5, 0.6) is 5.75 Å². The number of methoxy groups -OCH3 is 1. The van der Waals surface area contributed by atoms with Crippen molar-refractivity contribution in [2.75, 3.05) is 46.5 Å². The van der Waals surface area contributed by atoms with E-state index in [2.05, 4.69) is 15.9 Å². The molecule has 0 aromatic heterocycles. The fraction of sp³-hybridized carbons (Fsp3) is 0.321. The van der Waals surface area contributed by atoms with E-state index in [-0.39, 0.29) is 17.7 Å². The Hall–Kier alpha value is -3.31. The summed E-state index contributed by atoms with van der Waals surface area (Å²) in [4.78, 5) is 4.66. The average Bonchev–Trinajstić information content (AvgIpc) is 2.88. The predicted octanol–water partition coefficient (Wildman–Crippen LogP) is 4.77. The molecular formula is C28H29F2N3O2. The number of nitriles is 1. The number of hydrogen-bond donors (Lipinski definition) is 0. The van der Waals surface area contributed by atoms with Gasteiger partial charge in [0.15, 0.2) is 0 Å². The largest absolute Gasteiger partial charge is 0.491 e. The molecule has 3 aromatic rings. The summed E-state index contributed by atoms with van der Waals surface area (Å²) >= 11 is 0. The van der Waals surface area contributed by atoms with Crippen molar-refractivity contribution in [2.45, 2.75) is 12.6 Å². The van der Waals surface area contributed by atoms with Crippen LogP contribution in [-0.2, 0) is 11.3 Å². The zero-order valence-electron chi connectivity index (χ0n) is 19.8. The van der Waals surface area contributed by atoms with Crippen LogP contribution in [-0.4, -0.2) is 56.3 Å². The first-order chi connectivity index (χ1) is 17.1. The number of halogens is 2. The van der Waals surface area contributed by atoms with E-state index in [0.717, 1.165) is 48.6 Å². The summed E-state index contributed by atoms with van der Waals surface area (Å²) < 4.78 is 37.9. The summed E-state index contributed by atoms with van der Waals surface area (Å²) in [7, 11) is 1.63. The van der Waals surface area contributed by atoms with E-state index >= 15 is 0 Å². The second kappa shape index (κ2) is 11.9. The number of piperazine rings is 1. The van der Waals surface area contributed by atoms with Gasteiger partial charge in [-0.3, -0.25) is 9.80 Å². The van der Waals surface area contributed by atoms with Gasteiger partial charge in [-0.05, 0) is 59.2 Å². The highest BCUT2D eigenvalue weighted by atomic mass is 19.1. The van der Waals surface area contributed by atoms with Crippen LogP contribution in [0.2, 0.25) is 0 Å². The van der Waals surface area contributed by atoms with Crippen LogP contribution in [0.15, 0.2) is 66.7 Å². The van der Waals surface area contributed by atoms with Gasteiger partial charge in [0.2, 0.25) is 0 Å². The number of rotatable bonds is 9. The third-order valence-electron chi connectivity index (χ3n) is 6.29. The standard InChI is InChI=1S/C28H29F2N3O2/c1-34-16-17-35-27-11-6-23(19-31)24(18-27)20-32-12-14-33(15-13-32)28(21-2-7-25(29)8-3-21)22-4-9-26(30)10-5-22/h2-11,18,28H,12-17,20H2,1H3. The minimum atomic E-state index is -0.279. The molecule has 3 aromatic carbocycles. The molecule has 0 aliphatic carbocycles. The molecule has 4 rings (SSSR count).